The van der Waals surface area contributed by atoms with Gasteiger partial charge in [-0.15, -0.1) is 0 Å². The molecule has 1 spiro atoms. The zero-order valence-corrected chi connectivity index (χ0v) is 17.8. The smallest absolute Gasteiger partial charge is 0.417 e. The molecule has 1 aromatic rings. The van der Waals surface area contributed by atoms with Crippen LogP contribution in [0.2, 0.25) is 0 Å². The van der Waals surface area contributed by atoms with E-state index in [0.29, 0.717) is 13.1 Å². The maximum absolute atomic E-state index is 13.0. The van der Waals surface area contributed by atoms with Crippen molar-refractivity contribution in [2.75, 3.05) is 13.1 Å². The fourth-order valence-electron chi connectivity index (χ4n) is 3.88. The minimum Gasteiger partial charge on any atom is -0.490 e. The van der Waals surface area contributed by atoms with Crippen molar-refractivity contribution >= 4 is 22.0 Å². The van der Waals surface area contributed by atoms with Gasteiger partial charge in [0, 0.05) is 17.6 Å². The average Bonchev–Trinajstić information content (AvgIpc) is 2.53. The lowest BCUT2D eigenvalue weighted by atomic mass is 9.61. The summed E-state index contributed by atoms with van der Waals surface area (Å²) < 4.78 is 50.3. The zero-order valence-electron chi connectivity index (χ0n) is 16.2. The summed E-state index contributed by atoms with van der Waals surface area (Å²) in [5.74, 6) is 0.238. The molecule has 1 saturated carbocycles. The van der Waals surface area contributed by atoms with E-state index in [4.69, 9.17) is 9.47 Å². The van der Waals surface area contributed by atoms with Crippen molar-refractivity contribution in [2.24, 2.45) is 5.41 Å². The highest BCUT2D eigenvalue weighted by molar-refractivity contribution is 9.10. The number of hydrogen-bond acceptors (Lipinski definition) is 3. The Bertz CT molecular complexity index is 729. The van der Waals surface area contributed by atoms with Crippen LogP contribution in [0.1, 0.15) is 52.0 Å². The molecule has 1 aliphatic heterocycles. The van der Waals surface area contributed by atoms with Crippen molar-refractivity contribution in [1.82, 2.24) is 4.90 Å². The second-order valence-corrected chi connectivity index (χ2v) is 9.61. The Hall–Kier alpha value is -1.44. The predicted octanol–water partition coefficient (Wildman–Crippen LogP) is 6.03. The Morgan fingerprint density at radius 1 is 1.18 bits per heavy atom. The van der Waals surface area contributed by atoms with Gasteiger partial charge in [-0.05, 0) is 70.1 Å². The molecule has 156 valence electrons. The molecule has 1 aromatic carbocycles. The van der Waals surface area contributed by atoms with Crippen molar-refractivity contribution in [3.05, 3.63) is 28.2 Å². The number of carbonyl (C=O) groups excluding carboxylic acids is 1. The van der Waals surface area contributed by atoms with E-state index in [-0.39, 0.29) is 27.8 Å². The molecule has 0 atom stereocenters. The Kier molecular flexibility index (Phi) is 5.64. The van der Waals surface area contributed by atoms with Gasteiger partial charge in [-0.1, -0.05) is 15.9 Å². The van der Waals surface area contributed by atoms with Crippen molar-refractivity contribution in [3.8, 4) is 5.75 Å². The molecule has 0 unspecified atom stereocenters. The van der Waals surface area contributed by atoms with Gasteiger partial charge in [-0.25, -0.2) is 4.79 Å². The quantitative estimate of drug-likeness (QED) is 0.537. The van der Waals surface area contributed by atoms with E-state index in [1.165, 1.54) is 6.07 Å². The summed E-state index contributed by atoms with van der Waals surface area (Å²) >= 11 is 2.94. The minimum atomic E-state index is -4.42. The first-order valence-electron chi connectivity index (χ1n) is 9.38. The third-order valence-electron chi connectivity index (χ3n) is 5.34. The number of piperidine rings is 1. The Balaban J connectivity index is 1.51. The van der Waals surface area contributed by atoms with Gasteiger partial charge >= 0.3 is 12.3 Å². The van der Waals surface area contributed by atoms with Gasteiger partial charge in [0.05, 0.1) is 11.7 Å². The molecule has 0 bridgehead atoms. The Labute approximate surface area is 171 Å². The monoisotopic (exact) mass is 463 g/mol. The Morgan fingerprint density at radius 2 is 1.79 bits per heavy atom. The van der Waals surface area contributed by atoms with Gasteiger partial charge in [0.2, 0.25) is 0 Å². The number of benzene rings is 1. The molecule has 8 heteroatoms. The molecule has 3 rings (SSSR count). The number of halogens is 4. The summed E-state index contributed by atoms with van der Waals surface area (Å²) in [7, 11) is 0. The van der Waals surface area contributed by atoms with E-state index >= 15 is 0 Å². The highest BCUT2D eigenvalue weighted by Gasteiger charge is 2.48. The lowest BCUT2D eigenvalue weighted by Gasteiger charge is -2.51. The molecule has 1 saturated heterocycles. The summed E-state index contributed by atoms with van der Waals surface area (Å²) in [5, 5.41) is 0. The number of alkyl halides is 3. The molecule has 0 aromatic heterocycles. The van der Waals surface area contributed by atoms with E-state index < -0.39 is 17.3 Å². The van der Waals surface area contributed by atoms with Crippen LogP contribution in [0, 0.1) is 5.41 Å². The predicted molar refractivity (Wildman–Crippen MR) is 102 cm³/mol. The minimum absolute atomic E-state index is 0.00643. The molecule has 4 nitrogen and oxygen atoms in total. The van der Waals surface area contributed by atoms with Gasteiger partial charge in [-0.2, -0.15) is 13.2 Å². The molecule has 0 N–H and O–H groups in total. The van der Waals surface area contributed by atoms with Crippen molar-refractivity contribution < 1.29 is 27.4 Å². The van der Waals surface area contributed by atoms with Crippen molar-refractivity contribution in [2.45, 2.75) is 64.3 Å². The summed E-state index contributed by atoms with van der Waals surface area (Å²) in [4.78, 5) is 13.9. The van der Waals surface area contributed by atoms with Crippen LogP contribution in [-0.4, -0.2) is 35.8 Å². The first-order chi connectivity index (χ1) is 12.9. The van der Waals surface area contributed by atoms with Gasteiger partial charge < -0.3 is 14.4 Å². The maximum Gasteiger partial charge on any atom is 0.417 e. The van der Waals surface area contributed by atoms with Gasteiger partial charge in [-0.3, -0.25) is 0 Å². The van der Waals surface area contributed by atoms with E-state index in [1.54, 1.807) is 11.0 Å². The SMILES string of the molecule is CC(C)(C)OC(=O)N1CCC2(CC1)CC(Oc1ccc(Br)c(C(F)(F)F)c1)C2. The molecular weight excluding hydrogens is 439 g/mol. The normalized spacial score (nSPS) is 20.0. The van der Waals surface area contributed by atoms with Crippen LogP contribution in [0.25, 0.3) is 0 Å². The molecule has 1 aliphatic carbocycles. The Morgan fingerprint density at radius 3 is 2.32 bits per heavy atom. The molecule has 2 fully saturated rings. The van der Waals surface area contributed by atoms with Crippen molar-refractivity contribution in [3.63, 3.8) is 0 Å². The van der Waals surface area contributed by atoms with E-state index in [2.05, 4.69) is 15.9 Å². The summed E-state index contributed by atoms with van der Waals surface area (Å²) in [5.41, 5.74) is -1.13. The number of likely N-dealkylation sites (tertiary alicyclic amines) is 1. The van der Waals surface area contributed by atoms with Crippen molar-refractivity contribution in [1.29, 1.82) is 0 Å². The number of ether oxygens (including phenoxy) is 2. The van der Waals surface area contributed by atoms with Gasteiger partial charge in [0.15, 0.2) is 0 Å². The van der Waals surface area contributed by atoms with Crippen LogP contribution in [0.4, 0.5) is 18.0 Å². The first kappa shape index (κ1) is 21.3. The second-order valence-electron chi connectivity index (χ2n) is 8.75. The third-order valence-corrected chi connectivity index (χ3v) is 6.03. The lowest BCUT2D eigenvalue weighted by Crippen LogP contribution is -2.52. The van der Waals surface area contributed by atoms with Gasteiger partial charge in [0.1, 0.15) is 11.4 Å². The number of amides is 1. The molecular formula is C20H25BrF3NO3. The molecule has 1 amide bonds. The van der Waals surface area contributed by atoms with Crippen LogP contribution in [-0.2, 0) is 10.9 Å². The fourth-order valence-corrected chi connectivity index (χ4v) is 4.35. The number of rotatable bonds is 2. The topological polar surface area (TPSA) is 38.8 Å². The standard InChI is InChI=1S/C20H25BrF3NO3/c1-18(2,3)28-17(26)25-8-6-19(7-9-25)11-14(12-19)27-13-4-5-16(21)15(10-13)20(22,23)24/h4-5,10,14H,6-9,11-12H2,1-3H3. The van der Waals surface area contributed by atoms with E-state index in [1.807, 2.05) is 20.8 Å². The molecule has 1 heterocycles. The number of hydrogen-bond donors (Lipinski definition) is 0. The molecule has 28 heavy (non-hydrogen) atoms. The molecule has 2 aliphatic rings. The van der Waals surface area contributed by atoms with Crippen LogP contribution < -0.4 is 4.74 Å². The number of nitrogens with zero attached hydrogens (tertiary/aromatic N) is 1. The number of carbonyl (C=O) groups is 1. The first-order valence-corrected chi connectivity index (χ1v) is 10.2. The molecule has 0 radical (unpaired) electrons. The van der Waals surface area contributed by atoms with E-state index in [9.17, 15) is 18.0 Å². The second kappa shape index (κ2) is 7.43. The van der Waals surface area contributed by atoms with Crippen LogP contribution in [0.5, 0.6) is 5.75 Å². The summed E-state index contributed by atoms with van der Waals surface area (Å²) in [6.45, 7) is 6.81. The zero-order chi connectivity index (χ0) is 20.7. The maximum atomic E-state index is 13.0. The lowest BCUT2D eigenvalue weighted by molar-refractivity contribution is -0.138. The highest BCUT2D eigenvalue weighted by atomic mass is 79.9. The average molecular weight is 464 g/mol. The summed E-state index contributed by atoms with van der Waals surface area (Å²) in [6, 6.07) is 3.96. The van der Waals surface area contributed by atoms with Crippen LogP contribution in [0.3, 0.4) is 0 Å². The van der Waals surface area contributed by atoms with Crippen LogP contribution in [0.15, 0.2) is 22.7 Å². The van der Waals surface area contributed by atoms with Gasteiger partial charge in [0.25, 0.3) is 0 Å². The van der Waals surface area contributed by atoms with Crippen LogP contribution >= 0.6 is 15.9 Å². The summed E-state index contributed by atoms with van der Waals surface area (Å²) in [6.07, 6.45) is -1.48. The van der Waals surface area contributed by atoms with E-state index in [0.717, 1.165) is 31.7 Å². The fraction of sp³-hybridized carbons (Fsp3) is 0.650. The highest BCUT2D eigenvalue weighted by Crippen LogP contribution is 2.50. The largest absolute Gasteiger partial charge is 0.490 e. The third kappa shape index (κ3) is 4.93.